The number of carboxylic acid groups (broad SMARTS) is 1. The van der Waals surface area contributed by atoms with Crippen LogP contribution in [-0.2, 0) is 30.4 Å². The summed E-state index contributed by atoms with van der Waals surface area (Å²) < 4.78 is 0. The molecule has 5 atom stereocenters. The number of carbonyl (C=O) groups excluding carboxylic acids is 4. The minimum absolute atomic E-state index is 0.0864. The van der Waals surface area contributed by atoms with Gasteiger partial charge in [-0.3, -0.25) is 19.2 Å². The van der Waals surface area contributed by atoms with Gasteiger partial charge in [0.05, 0.1) is 18.9 Å². The Morgan fingerprint density at radius 3 is 2.18 bits per heavy atom. The first-order valence-electron chi connectivity index (χ1n) is 10.3. The predicted octanol–water partition coefficient (Wildman–Crippen LogP) is -3.17. The zero-order valence-electron chi connectivity index (χ0n) is 18.8. The second-order valence-corrected chi connectivity index (χ2v) is 8.51. The number of thioether (sulfide) groups is 1. The SMILES string of the molecule is CSCCC(NC(=O)C(N)C(C)O)C(=O)NC(Cc1cnc[nH]1)C(=O)NC(CC(N)=O)C(=O)O. The molecule has 0 spiro atoms. The number of hydrogen-bond donors (Lipinski definition) is 8. The van der Waals surface area contributed by atoms with Crippen LogP contribution in [0.25, 0.3) is 0 Å². The maximum atomic E-state index is 13.0. The van der Waals surface area contributed by atoms with E-state index in [1.54, 1.807) is 6.26 Å². The number of aromatic amines is 1. The Morgan fingerprint density at radius 1 is 1.09 bits per heavy atom. The summed E-state index contributed by atoms with van der Waals surface area (Å²) in [4.78, 5) is 67.3. The Morgan fingerprint density at radius 2 is 1.68 bits per heavy atom. The summed E-state index contributed by atoms with van der Waals surface area (Å²) in [7, 11) is 0. The fourth-order valence-corrected chi connectivity index (χ4v) is 3.23. The standard InChI is InChI=1S/C19H31N7O7S/c1-9(27)15(21)18(31)24-11(3-4-34-2)16(29)25-12(5-10-7-22-8-23-10)17(30)26-13(19(32)33)6-14(20)28/h7-9,11-13,15,27H,3-6,21H2,1-2H3,(H2,20,28)(H,22,23)(H,24,31)(H,25,29)(H,26,30)(H,32,33). The van der Waals surface area contributed by atoms with Gasteiger partial charge in [-0.15, -0.1) is 0 Å². The first-order chi connectivity index (χ1) is 16.0. The highest BCUT2D eigenvalue weighted by Gasteiger charge is 2.31. The van der Waals surface area contributed by atoms with Crippen LogP contribution >= 0.6 is 11.8 Å². The van der Waals surface area contributed by atoms with Crippen molar-refractivity contribution in [2.24, 2.45) is 11.5 Å². The second kappa shape index (κ2) is 14.2. The average Bonchev–Trinajstić information content (AvgIpc) is 3.27. The molecule has 0 aromatic carbocycles. The number of amides is 4. The van der Waals surface area contributed by atoms with E-state index in [1.165, 1.54) is 31.2 Å². The van der Waals surface area contributed by atoms with Crippen molar-refractivity contribution in [1.29, 1.82) is 0 Å². The number of hydrogen-bond acceptors (Lipinski definition) is 9. The zero-order chi connectivity index (χ0) is 25.8. The Kier molecular flexibility index (Phi) is 12.0. The molecule has 0 radical (unpaired) electrons. The molecular weight excluding hydrogens is 470 g/mol. The van der Waals surface area contributed by atoms with E-state index in [0.29, 0.717) is 11.4 Å². The van der Waals surface area contributed by atoms with Gasteiger partial charge in [0.15, 0.2) is 0 Å². The first-order valence-corrected chi connectivity index (χ1v) is 11.7. The normalized spacial score (nSPS) is 15.3. The Balaban J connectivity index is 3.06. The molecule has 0 bridgehead atoms. The fraction of sp³-hybridized carbons (Fsp3) is 0.579. The number of nitrogens with zero attached hydrogens (tertiary/aromatic N) is 1. The van der Waals surface area contributed by atoms with E-state index >= 15 is 0 Å². The molecule has 1 heterocycles. The van der Waals surface area contributed by atoms with Crippen molar-refractivity contribution in [2.45, 2.75) is 56.5 Å². The average molecular weight is 502 g/mol. The van der Waals surface area contributed by atoms with E-state index < -0.39 is 66.3 Å². The summed E-state index contributed by atoms with van der Waals surface area (Å²) >= 11 is 1.42. The lowest BCUT2D eigenvalue weighted by Gasteiger charge is -2.25. The van der Waals surface area contributed by atoms with Crippen molar-refractivity contribution in [3.05, 3.63) is 18.2 Å². The van der Waals surface area contributed by atoms with E-state index in [0.717, 1.165) is 0 Å². The van der Waals surface area contributed by atoms with Gasteiger partial charge in [-0.2, -0.15) is 11.8 Å². The molecule has 15 heteroatoms. The highest BCUT2D eigenvalue weighted by molar-refractivity contribution is 7.98. The van der Waals surface area contributed by atoms with Crippen LogP contribution in [0.4, 0.5) is 0 Å². The minimum atomic E-state index is -1.60. The molecule has 0 saturated carbocycles. The van der Waals surface area contributed by atoms with Crippen molar-refractivity contribution >= 4 is 41.4 Å². The van der Waals surface area contributed by atoms with Gasteiger partial charge in [-0.25, -0.2) is 9.78 Å². The molecule has 14 nitrogen and oxygen atoms in total. The smallest absolute Gasteiger partial charge is 0.326 e. The van der Waals surface area contributed by atoms with E-state index in [4.69, 9.17) is 11.5 Å². The van der Waals surface area contributed by atoms with E-state index in [1.807, 2.05) is 0 Å². The van der Waals surface area contributed by atoms with Crippen LogP contribution in [-0.4, -0.2) is 92.1 Å². The van der Waals surface area contributed by atoms with Crippen molar-refractivity contribution in [3.8, 4) is 0 Å². The maximum absolute atomic E-state index is 13.0. The van der Waals surface area contributed by atoms with Crippen molar-refractivity contribution in [1.82, 2.24) is 25.9 Å². The van der Waals surface area contributed by atoms with Gasteiger partial charge >= 0.3 is 5.97 Å². The lowest BCUT2D eigenvalue weighted by Crippen LogP contribution is -2.58. The third-order valence-electron chi connectivity index (χ3n) is 4.70. The Labute approximate surface area is 200 Å². The fourth-order valence-electron chi connectivity index (χ4n) is 2.76. The quantitative estimate of drug-likeness (QED) is 0.120. The van der Waals surface area contributed by atoms with Crippen LogP contribution in [0.2, 0.25) is 0 Å². The molecule has 0 saturated heterocycles. The monoisotopic (exact) mass is 501 g/mol. The molecule has 1 aromatic rings. The largest absolute Gasteiger partial charge is 0.480 e. The summed E-state index contributed by atoms with van der Waals surface area (Å²) in [6.45, 7) is 1.33. The first kappa shape index (κ1) is 28.9. The van der Waals surface area contributed by atoms with Crippen LogP contribution in [0.3, 0.4) is 0 Å². The zero-order valence-corrected chi connectivity index (χ0v) is 19.6. The second-order valence-electron chi connectivity index (χ2n) is 7.52. The number of nitrogens with one attached hydrogen (secondary N) is 4. The van der Waals surface area contributed by atoms with Crippen LogP contribution in [0, 0.1) is 0 Å². The van der Waals surface area contributed by atoms with Gasteiger partial charge in [0.2, 0.25) is 23.6 Å². The molecule has 0 aliphatic rings. The van der Waals surface area contributed by atoms with E-state index in [-0.39, 0.29) is 12.8 Å². The third kappa shape index (κ3) is 9.76. The van der Waals surface area contributed by atoms with Gasteiger partial charge in [0.25, 0.3) is 0 Å². The van der Waals surface area contributed by atoms with Crippen LogP contribution < -0.4 is 27.4 Å². The number of aromatic nitrogens is 2. The van der Waals surface area contributed by atoms with Gasteiger partial charge in [0, 0.05) is 18.3 Å². The molecular formula is C19H31N7O7S. The number of aliphatic hydroxyl groups excluding tert-OH is 1. The minimum Gasteiger partial charge on any atom is -0.480 e. The van der Waals surface area contributed by atoms with Gasteiger partial charge in [-0.1, -0.05) is 0 Å². The molecule has 0 aliphatic carbocycles. The maximum Gasteiger partial charge on any atom is 0.326 e. The summed E-state index contributed by atoms with van der Waals surface area (Å²) in [5.41, 5.74) is 11.1. The van der Waals surface area contributed by atoms with E-state index in [2.05, 4.69) is 25.9 Å². The highest BCUT2D eigenvalue weighted by atomic mass is 32.2. The molecule has 10 N–H and O–H groups in total. The Hall–Kier alpha value is -3.17. The van der Waals surface area contributed by atoms with Crippen LogP contribution in [0.5, 0.6) is 0 Å². The number of aliphatic hydroxyl groups is 1. The van der Waals surface area contributed by atoms with Gasteiger partial charge in [0.1, 0.15) is 24.2 Å². The topological polar surface area (TPSA) is 243 Å². The lowest BCUT2D eigenvalue weighted by molar-refractivity contribution is -0.143. The molecule has 1 aromatic heterocycles. The molecule has 1 rings (SSSR count). The number of nitrogens with two attached hydrogens (primary N) is 2. The Bertz CT molecular complexity index is 850. The highest BCUT2D eigenvalue weighted by Crippen LogP contribution is 2.06. The third-order valence-corrected chi connectivity index (χ3v) is 5.34. The van der Waals surface area contributed by atoms with E-state index in [9.17, 15) is 34.2 Å². The number of imidazole rings is 1. The predicted molar refractivity (Wildman–Crippen MR) is 122 cm³/mol. The molecule has 34 heavy (non-hydrogen) atoms. The number of carboxylic acids is 1. The summed E-state index contributed by atoms with van der Waals surface area (Å²) in [6, 6.07) is -5.22. The van der Waals surface area contributed by atoms with Crippen LogP contribution in [0.15, 0.2) is 12.5 Å². The van der Waals surface area contributed by atoms with Crippen molar-refractivity contribution in [3.63, 3.8) is 0 Å². The molecule has 0 fully saturated rings. The molecule has 190 valence electrons. The molecule has 4 amide bonds. The van der Waals surface area contributed by atoms with Crippen molar-refractivity contribution in [2.75, 3.05) is 12.0 Å². The van der Waals surface area contributed by atoms with Crippen LogP contribution in [0.1, 0.15) is 25.5 Å². The van der Waals surface area contributed by atoms with Crippen molar-refractivity contribution < 1.29 is 34.2 Å². The molecule has 0 aliphatic heterocycles. The summed E-state index contributed by atoms with van der Waals surface area (Å²) in [5.74, 6) is -4.28. The summed E-state index contributed by atoms with van der Waals surface area (Å²) in [5, 5.41) is 26.0. The summed E-state index contributed by atoms with van der Waals surface area (Å²) in [6.07, 6.45) is 2.89. The number of H-pyrrole nitrogens is 1. The number of carbonyl (C=O) groups is 5. The van der Waals surface area contributed by atoms with Gasteiger partial charge in [-0.05, 0) is 25.4 Å². The number of aliphatic carboxylic acids is 1. The number of rotatable bonds is 15. The van der Waals surface area contributed by atoms with Gasteiger partial charge < -0.3 is 42.6 Å². The number of primary amides is 1. The lowest BCUT2D eigenvalue weighted by atomic mass is 10.1. The molecule has 5 unspecified atom stereocenters.